The van der Waals surface area contributed by atoms with Gasteiger partial charge in [-0.25, -0.2) is 4.98 Å². The molecule has 1 unspecified atom stereocenters. The lowest BCUT2D eigenvalue weighted by Crippen LogP contribution is -2.06. The summed E-state index contributed by atoms with van der Waals surface area (Å²) in [6.07, 6.45) is 5.97. The molecule has 2 heterocycles. The molecule has 1 aliphatic rings. The Labute approximate surface area is 129 Å². The average molecular weight is 295 g/mol. The summed E-state index contributed by atoms with van der Waals surface area (Å²) in [5.74, 6) is 0. The molecule has 0 saturated carbocycles. The summed E-state index contributed by atoms with van der Waals surface area (Å²) in [7, 11) is 0. The molecule has 1 atom stereocenters. The van der Waals surface area contributed by atoms with Crippen LogP contribution in [0.2, 0.25) is 5.02 Å². The maximum atomic E-state index is 6.07. The van der Waals surface area contributed by atoms with Crippen molar-refractivity contribution in [3.05, 3.63) is 77.2 Å². The van der Waals surface area contributed by atoms with Crippen LogP contribution in [0.5, 0.6) is 0 Å². The Bertz CT molecular complexity index is 791. The third kappa shape index (κ3) is 2.16. The van der Waals surface area contributed by atoms with Crippen molar-refractivity contribution in [1.29, 1.82) is 0 Å². The Balaban J connectivity index is 1.64. The Hall–Kier alpha value is -2.06. The molecule has 3 aromatic rings. The van der Waals surface area contributed by atoms with E-state index in [1.807, 2.05) is 24.7 Å². The smallest absolute Gasteiger partial charge is 0.0956 e. The molecule has 0 spiro atoms. The Morgan fingerprint density at radius 1 is 1.10 bits per heavy atom. The number of aryl methyl sites for hydroxylation is 1. The molecule has 0 amide bonds. The van der Waals surface area contributed by atoms with Gasteiger partial charge in [-0.3, -0.25) is 0 Å². The number of hydrogen-bond donors (Lipinski definition) is 0. The van der Waals surface area contributed by atoms with Crippen molar-refractivity contribution in [3.63, 3.8) is 0 Å². The van der Waals surface area contributed by atoms with Crippen LogP contribution in [-0.4, -0.2) is 9.55 Å². The number of benzene rings is 2. The number of nitrogens with zero attached hydrogens (tertiary/aromatic N) is 2. The minimum atomic E-state index is 0.373. The summed E-state index contributed by atoms with van der Waals surface area (Å²) in [4.78, 5) is 4.30. The maximum Gasteiger partial charge on any atom is 0.0956 e. The number of imidazole rings is 1. The van der Waals surface area contributed by atoms with Crippen LogP contribution in [0.4, 0.5) is 0 Å². The first-order chi connectivity index (χ1) is 10.3. The van der Waals surface area contributed by atoms with Crippen LogP contribution in [-0.2, 0) is 6.42 Å². The van der Waals surface area contributed by atoms with Gasteiger partial charge in [0.1, 0.15) is 0 Å². The number of aromatic nitrogens is 2. The van der Waals surface area contributed by atoms with Crippen molar-refractivity contribution < 1.29 is 0 Å². The van der Waals surface area contributed by atoms with Crippen molar-refractivity contribution >= 4 is 11.6 Å². The highest BCUT2D eigenvalue weighted by atomic mass is 35.5. The topological polar surface area (TPSA) is 17.8 Å². The van der Waals surface area contributed by atoms with Gasteiger partial charge in [0.15, 0.2) is 0 Å². The van der Waals surface area contributed by atoms with E-state index in [1.54, 1.807) is 0 Å². The molecule has 0 N–H and O–H groups in total. The van der Waals surface area contributed by atoms with Crippen LogP contribution in [0.1, 0.15) is 23.6 Å². The van der Waals surface area contributed by atoms with Crippen LogP contribution in [0.15, 0.2) is 61.1 Å². The van der Waals surface area contributed by atoms with Gasteiger partial charge in [-0.1, -0.05) is 48.0 Å². The zero-order valence-corrected chi connectivity index (χ0v) is 12.3. The van der Waals surface area contributed by atoms with Gasteiger partial charge in [0.2, 0.25) is 0 Å². The normalized spacial score (nSPS) is 15.8. The van der Waals surface area contributed by atoms with Gasteiger partial charge in [-0.05, 0) is 36.1 Å². The van der Waals surface area contributed by atoms with E-state index in [1.165, 1.54) is 22.4 Å². The number of rotatable bonds is 3. The van der Waals surface area contributed by atoms with Crippen LogP contribution in [0.3, 0.4) is 0 Å². The fourth-order valence-electron chi connectivity index (χ4n) is 3.22. The Morgan fingerprint density at radius 2 is 2.00 bits per heavy atom. The van der Waals surface area contributed by atoms with Crippen molar-refractivity contribution in [2.75, 3.05) is 0 Å². The van der Waals surface area contributed by atoms with Gasteiger partial charge in [0.25, 0.3) is 0 Å². The summed E-state index contributed by atoms with van der Waals surface area (Å²) < 4.78 is 2.29. The molecule has 1 aromatic heterocycles. The molecule has 0 fully saturated rings. The summed E-state index contributed by atoms with van der Waals surface area (Å²) in [5, 5.41) is 0.808. The predicted octanol–water partition coefficient (Wildman–Crippen LogP) is 4.74. The number of halogens is 1. The fourth-order valence-corrected chi connectivity index (χ4v) is 3.44. The lowest BCUT2D eigenvalue weighted by atomic mass is 9.97. The third-order valence-electron chi connectivity index (χ3n) is 4.19. The van der Waals surface area contributed by atoms with Crippen LogP contribution < -0.4 is 0 Å². The molecule has 0 aliphatic carbocycles. The van der Waals surface area contributed by atoms with E-state index >= 15 is 0 Å². The molecule has 3 heteroatoms. The van der Waals surface area contributed by atoms with Gasteiger partial charge in [0.05, 0.1) is 24.3 Å². The van der Waals surface area contributed by atoms with E-state index in [-0.39, 0.29) is 0 Å². The highest BCUT2D eigenvalue weighted by molar-refractivity contribution is 6.30. The summed E-state index contributed by atoms with van der Waals surface area (Å²) in [5.41, 5.74) is 5.22. The van der Waals surface area contributed by atoms with Gasteiger partial charge in [-0.2, -0.15) is 0 Å². The van der Waals surface area contributed by atoms with Crippen LogP contribution >= 0.6 is 11.6 Å². The monoisotopic (exact) mass is 294 g/mol. The second kappa shape index (κ2) is 5.05. The minimum Gasteiger partial charge on any atom is -0.323 e. The van der Waals surface area contributed by atoms with Crippen molar-refractivity contribution in [3.8, 4) is 11.3 Å². The zero-order chi connectivity index (χ0) is 14.2. The Kier molecular flexibility index (Phi) is 3.04. The van der Waals surface area contributed by atoms with E-state index in [9.17, 15) is 0 Å². The molecule has 1 aliphatic heterocycles. The lowest BCUT2D eigenvalue weighted by molar-refractivity contribution is 0.563. The van der Waals surface area contributed by atoms with Gasteiger partial charge < -0.3 is 4.57 Å². The van der Waals surface area contributed by atoms with Crippen molar-refractivity contribution in [2.45, 2.75) is 18.9 Å². The largest absolute Gasteiger partial charge is 0.323 e. The first-order valence-corrected chi connectivity index (χ1v) is 7.56. The van der Waals surface area contributed by atoms with E-state index in [0.717, 1.165) is 17.9 Å². The molecule has 0 radical (unpaired) electrons. The molecule has 0 saturated heterocycles. The lowest BCUT2D eigenvalue weighted by Gasteiger charge is -2.14. The van der Waals surface area contributed by atoms with Gasteiger partial charge in [-0.15, -0.1) is 0 Å². The van der Waals surface area contributed by atoms with Crippen LogP contribution in [0.25, 0.3) is 11.3 Å². The molecule has 2 nitrogen and oxygen atoms in total. The van der Waals surface area contributed by atoms with E-state index in [4.69, 9.17) is 11.6 Å². The maximum absolute atomic E-state index is 6.07. The standard InChI is InChI=1S/C18H15ClN2/c19-14-5-3-4-13(10-14)8-9-17-15-6-1-2-7-16(15)18-11-20-12-21(17)18/h1-7,10-12,17H,8-9H2. The second-order valence-corrected chi connectivity index (χ2v) is 5.89. The van der Waals surface area contributed by atoms with E-state index in [2.05, 4.69) is 45.9 Å². The van der Waals surface area contributed by atoms with Crippen LogP contribution in [0, 0.1) is 0 Å². The van der Waals surface area contributed by atoms with Crippen molar-refractivity contribution in [1.82, 2.24) is 9.55 Å². The fraction of sp³-hybridized carbons (Fsp3) is 0.167. The average Bonchev–Trinajstić information content (AvgIpc) is 3.06. The zero-order valence-electron chi connectivity index (χ0n) is 11.5. The predicted molar refractivity (Wildman–Crippen MR) is 85.6 cm³/mol. The first-order valence-electron chi connectivity index (χ1n) is 7.18. The minimum absolute atomic E-state index is 0.373. The third-order valence-corrected chi connectivity index (χ3v) is 4.43. The quantitative estimate of drug-likeness (QED) is 0.682. The molecule has 104 valence electrons. The number of hydrogen-bond acceptors (Lipinski definition) is 1. The molecular weight excluding hydrogens is 280 g/mol. The van der Waals surface area contributed by atoms with E-state index in [0.29, 0.717) is 6.04 Å². The summed E-state index contributed by atoms with van der Waals surface area (Å²) >= 11 is 6.07. The molecule has 4 rings (SSSR count). The SMILES string of the molecule is Clc1cccc(CCC2c3ccccc3-c3cncn32)c1. The van der Waals surface area contributed by atoms with Crippen molar-refractivity contribution in [2.24, 2.45) is 0 Å². The highest BCUT2D eigenvalue weighted by Crippen LogP contribution is 2.41. The summed E-state index contributed by atoms with van der Waals surface area (Å²) in [6, 6.07) is 17.1. The molecular formula is C18H15ClN2. The molecule has 0 bridgehead atoms. The molecule has 2 aromatic carbocycles. The van der Waals surface area contributed by atoms with Gasteiger partial charge >= 0.3 is 0 Å². The van der Waals surface area contributed by atoms with E-state index < -0.39 is 0 Å². The second-order valence-electron chi connectivity index (χ2n) is 5.46. The number of fused-ring (bicyclic) bond motifs is 3. The summed E-state index contributed by atoms with van der Waals surface area (Å²) in [6.45, 7) is 0. The van der Waals surface area contributed by atoms with Gasteiger partial charge in [0, 0.05) is 10.6 Å². The first kappa shape index (κ1) is 12.7. The highest BCUT2D eigenvalue weighted by Gasteiger charge is 2.27. The Morgan fingerprint density at radius 3 is 2.90 bits per heavy atom. The molecule has 21 heavy (non-hydrogen) atoms.